The summed E-state index contributed by atoms with van der Waals surface area (Å²) in [4.78, 5) is 26.1. The number of amides is 1. The van der Waals surface area contributed by atoms with Crippen LogP contribution in [0.3, 0.4) is 0 Å². The first kappa shape index (κ1) is 60.3. The summed E-state index contributed by atoms with van der Waals surface area (Å²) in [6, 6.07) is -0.738. The van der Waals surface area contributed by atoms with Gasteiger partial charge in [-0.25, -0.2) is 0 Å². The Balaban J connectivity index is 4.76. The van der Waals surface area contributed by atoms with E-state index < -0.39 is 18.2 Å². The molecule has 0 bridgehead atoms. The van der Waals surface area contributed by atoms with Crippen molar-refractivity contribution < 1.29 is 24.5 Å². The summed E-state index contributed by atoms with van der Waals surface area (Å²) in [6.07, 6.45) is 69.8. The lowest BCUT2D eigenvalue weighted by Gasteiger charge is -2.24. The molecule has 0 radical (unpaired) electrons. The molecular formula is C58H95NO5. The monoisotopic (exact) mass is 886 g/mol. The summed E-state index contributed by atoms with van der Waals surface area (Å²) in [7, 11) is 0. The first-order valence-electron chi connectivity index (χ1n) is 25.8. The minimum absolute atomic E-state index is 0.0132. The zero-order valence-corrected chi connectivity index (χ0v) is 41.1. The van der Waals surface area contributed by atoms with Crippen LogP contribution in [0.1, 0.15) is 207 Å². The number of aliphatic hydroxyl groups is 2. The fraction of sp³-hybridized carbons (Fsp3) is 0.621. The number of unbranched alkanes of at least 4 members (excludes halogenated alkanes) is 15. The number of esters is 1. The van der Waals surface area contributed by atoms with Crippen molar-refractivity contribution in [2.24, 2.45) is 0 Å². The Morgan fingerprint density at radius 3 is 1.44 bits per heavy atom. The summed E-state index contributed by atoms with van der Waals surface area (Å²) in [6.45, 7) is 6.19. The maximum Gasteiger partial charge on any atom is 0.306 e. The lowest BCUT2D eigenvalue weighted by molar-refractivity contribution is -0.150. The molecule has 64 heavy (non-hydrogen) atoms. The second-order valence-corrected chi connectivity index (χ2v) is 16.9. The Morgan fingerprint density at radius 2 is 0.922 bits per heavy atom. The molecule has 6 nitrogen and oxygen atoms in total. The second kappa shape index (κ2) is 50.3. The summed E-state index contributed by atoms with van der Waals surface area (Å²) in [5.74, 6) is -0.625. The predicted octanol–water partition coefficient (Wildman–Crippen LogP) is 15.7. The van der Waals surface area contributed by atoms with Crippen LogP contribution in [-0.4, -0.2) is 46.9 Å². The molecule has 1 amide bonds. The van der Waals surface area contributed by atoms with Gasteiger partial charge in [-0.3, -0.25) is 9.59 Å². The number of nitrogens with one attached hydrogen (secondary N) is 1. The van der Waals surface area contributed by atoms with Gasteiger partial charge < -0.3 is 20.3 Å². The Bertz CT molecular complexity index is 1360. The van der Waals surface area contributed by atoms with Crippen molar-refractivity contribution in [1.82, 2.24) is 5.32 Å². The van der Waals surface area contributed by atoms with Crippen LogP contribution in [0.25, 0.3) is 0 Å². The van der Waals surface area contributed by atoms with Gasteiger partial charge in [0.1, 0.15) is 6.10 Å². The molecule has 0 heterocycles. The van der Waals surface area contributed by atoms with Crippen molar-refractivity contribution >= 4 is 11.9 Å². The molecule has 0 aliphatic heterocycles. The highest BCUT2D eigenvalue weighted by Gasteiger charge is 2.24. The number of aliphatic hydroxyl groups excluding tert-OH is 2. The Morgan fingerprint density at radius 1 is 0.484 bits per heavy atom. The largest absolute Gasteiger partial charge is 0.462 e. The van der Waals surface area contributed by atoms with Crippen molar-refractivity contribution in [3.63, 3.8) is 0 Å². The van der Waals surface area contributed by atoms with E-state index in [4.69, 9.17) is 4.74 Å². The van der Waals surface area contributed by atoms with Gasteiger partial charge in [-0.1, -0.05) is 232 Å². The van der Waals surface area contributed by atoms with Gasteiger partial charge in [0.15, 0.2) is 0 Å². The van der Waals surface area contributed by atoms with E-state index in [2.05, 4.69) is 111 Å². The van der Waals surface area contributed by atoms with E-state index in [1.54, 1.807) is 0 Å². The second-order valence-electron chi connectivity index (χ2n) is 16.9. The van der Waals surface area contributed by atoms with E-state index in [1.807, 2.05) is 36.5 Å². The van der Waals surface area contributed by atoms with Crippen LogP contribution in [0.4, 0.5) is 0 Å². The Hall–Kier alpha value is -3.74. The van der Waals surface area contributed by atoms with E-state index in [0.717, 1.165) is 89.9 Å². The first-order valence-corrected chi connectivity index (χ1v) is 25.8. The van der Waals surface area contributed by atoms with Crippen LogP contribution < -0.4 is 5.32 Å². The van der Waals surface area contributed by atoms with Gasteiger partial charge >= 0.3 is 5.97 Å². The zero-order chi connectivity index (χ0) is 46.7. The van der Waals surface area contributed by atoms with Gasteiger partial charge in [-0.15, -0.1) is 0 Å². The highest BCUT2D eigenvalue weighted by molar-refractivity contribution is 5.77. The number of rotatable bonds is 44. The number of allylic oxidation sites excluding steroid dienone is 20. The SMILES string of the molecule is CC/C=C\C/C=C\C/C=C\C/C=C\C/C=C\C/C=C\CCC(=O)OC(CCCCC\C=C/C=C/C=C/C=C/CC)CC(=O)NC(CO)C(O)CCCCCCCCCCCCCCC. The van der Waals surface area contributed by atoms with Gasteiger partial charge in [-0.2, -0.15) is 0 Å². The third-order valence-corrected chi connectivity index (χ3v) is 10.9. The Labute approximate surface area is 393 Å². The maximum atomic E-state index is 13.2. The number of carbonyl (C=O) groups is 2. The highest BCUT2D eigenvalue weighted by atomic mass is 16.5. The predicted molar refractivity (Wildman–Crippen MR) is 277 cm³/mol. The molecule has 3 N–H and O–H groups in total. The fourth-order valence-corrected chi connectivity index (χ4v) is 7.05. The van der Waals surface area contributed by atoms with Crippen molar-refractivity contribution in [2.75, 3.05) is 6.61 Å². The summed E-state index contributed by atoms with van der Waals surface area (Å²) in [5.41, 5.74) is 0. The van der Waals surface area contributed by atoms with E-state index in [1.165, 1.54) is 64.2 Å². The number of hydrogen-bond donors (Lipinski definition) is 3. The molecule has 0 aromatic carbocycles. The quantitative estimate of drug-likeness (QED) is 0.0245. The van der Waals surface area contributed by atoms with Gasteiger partial charge in [0.05, 0.1) is 25.2 Å². The van der Waals surface area contributed by atoms with Gasteiger partial charge in [0, 0.05) is 6.42 Å². The molecule has 0 aliphatic rings. The minimum Gasteiger partial charge on any atom is -0.462 e. The van der Waals surface area contributed by atoms with Crippen molar-refractivity contribution in [2.45, 2.75) is 225 Å². The van der Waals surface area contributed by atoms with Gasteiger partial charge in [0.2, 0.25) is 5.91 Å². The molecule has 0 aliphatic carbocycles. The van der Waals surface area contributed by atoms with E-state index in [9.17, 15) is 19.8 Å². The van der Waals surface area contributed by atoms with Crippen LogP contribution in [0.5, 0.6) is 0 Å². The molecule has 362 valence electrons. The minimum atomic E-state index is -0.819. The molecule has 6 heteroatoms. The smallest absolute Gasteiger partial charge is 0.306 e. The van der Waals surface area contributed by atoms with E-state index >= 15 is 0 Å². The van der Waals surface area contributed by atoms with E-state index in [-0.39, 0.29) is 31.3 Å². The molecule has 0 fully saturated rings. The van der Waals surface area contributed by atoms with Crippen LogP contribution in [0.15, 0.2) is 122 Å². The van der Waals surface area contributed by atoms with Crippen molar-refractivity contribution in [3.8, 4) is 0 Å². The van der Waals surface area contributed by atoms with Crippen LogP contribution in [-0.2, 0) is 14.3 Å². The van der Waals surface area contributed by atoms with E-state index in [0.29, 0.717) is 19.3 Å². The molecule has 0 aromatic rings. The number of hydrogen-bond acceptors (Lipinski definition) is 5. The average Bonchev–Trinajstić information content (AvgIpc) is 3.29. The van der Waals surface area contributed by atoms with Gasteiger partial charge in [-0.05, 0) is 83.5 Å². The maximum absolute atomic E-state index is 13.2. The lowest BCUT2D eigenvalue weighted by atomic mass is 10.0. The molecule has 3 unspecified atom stereocenters. The summed E-state index contributed by atoms with van der Waals surface area (Å²) in [5, 5.41) is 23.7. The fourth-order valence-electron chi connectivity index (χ4n) is 7.05. The first-order chi connectivity index (χ1) is 31.5. The zero-order valence-electron chi connectivity index (χ0n) is 41.1. The standard InChI is InChI=1S/C58H95NO5/c1-4-7-10-13-16-19-22-25-26-27-28-29-30-33-36-39-42-45-48-51-58(63)64-54(49-46-43-40-37-34-31-23-20-17-14-11-8-5-2)52-57(62)59-55(53-60)56(61)50-47-44-41-38-35-32-24-21-18-15-12-9-6-3/h7-8,10-11,14,16-17,19-20,23,25-26,28-29,31,33-34,36,42,45,54-56,60-61H,4-6,9,12-13,15,18,21-22,24,27,30,32,35,37-41,43-44,46-53H2,1-3H3,(H,59,62)/b10-7-,11-8+,17-14+,19-16-,23-20+,26-25-,29-28-,34-31-,36-33-,45-42-. The lowest BCUT2D eigenvalue weighted by Crippen LogP contribution is -2.46. The third-order valence-electron chi connectivity index (χ3n) is 10.9. The highest BCUT2D eigenvalue weighted by Crippen LogP contribution is 2.16. The molecule has 0 aromatic heterocycles. The summed E-state index contributed by atoms with van der Waals surface area (Å²) >= 11 is 0. The molecule has 0 saturated carbocycles. The average molecular weight is 886 g/mol. The van der Waals surface area contributed by atoms with Crippen LogP contribution in [0.2, 0.25) is 0 Å². The third kappa shape index (κ3) is 44.9. The molecule has 0 spiro atoms. The van der Waals surface area contributed by atoms with Crippen LogP contribution >= 0.6 is 0 Å². The topological polar surface area (TPSA) is 95.9 Å². The summed E-state index contributed by atoms with van der Waals surface area (Å²) < 4.78 is 5.87. The molecule has 3 atom stereocenters. The normalized spacial score (nSPS) is 14.3. The van der Waals surface area contributed by atoms with Gasteiger partial charge in [0.25, 0.3) is 0 Å². The number of ether oxygens (including phenoxy) is 1. The molecule has 0 rings (SSSR count). The molecule has 0 saturated heterocycles. The van der Waals surface area contributed by atoms with Crippen molar-refractivity contribution in [1.29, 1.82) is 0 Å². The Kier molecular flexibility index (Phi) is 47.3. The molecular weight excluding hydrogens is 791 g/mol. The number of carbonyl (C=O) groups excluding carboxylic acids is 2. The van der Waals surface area contributed by atoms with Crippen molar-refractivity contribution in [3.05, 3.63) is 122 Å². The van der Waals surface area contributed by atoms with Crippen LogP contribution in [0, 0.1) is 0 Å².